The Morgan fingerprint density at radius 2 is 2.33 bits per heavy atom. The Morgan fingerprint density at radius 3 is 2.92 bits per heavy atom. The van der Waals surface area contributed by atoms with E-state index in [-0.39, 0.29) is 5.96 Å². The molecule has 0 aromatic carbocycles. The van der Waals surface area contributed by atoms with E-state index in [1.165, 1.54) is 0 Å². The quantitative estimate of drug-likeness (QED) is 0.389. The van der Waals surface area contributed by atoms with Crippen LogP contribution >= 0.6 is 0 Å². The van der Waals surface area contributed by atoms with Crippen LogP contribution in [-0.2, 0) is 6.42 Å². The first-order chi connectivity index (χ1) is 5.79. The van der Waals surface area contributed by atoms with E-state index in [0.717, 1.165) is 18.6 Å². The van der Waals surface area contributed by atoms with Gasteiger partial charge in [-0.1, -0.05) is 0 Å². The SMILES string of the molecule is NC(N)=NCCCc1ccco1. The minimum atomic E-state index is 0.148. The summed E-state index contributed by atoms with van der Waals surface area (Å²) in [5.74, 6) is 1.12. The van der Waals surface area contributed by atoms with Crippen LogP contribution in [0.1, 0.15) is 12.2 Å². The van der Waals surface area contributed by atoms with Crippen LogP contribution in [0.3, 0.4) is 0 Å². The lowest BCUT2D eigenvalue weighted by Crippen LogP contribution is -2.23. The fourth-order valence-corrected chi connectivity index (χ4v) is 0.916. The highest BCUT2D eigenvalue weighted by Gasteiger charge is 1.93. The highest BCUT2D eigenvalue weighted by atomic mass is 16.3. The molecular formula is C8H13N3O. The number of rotatable bonds is 4. The normalized spacial score (nSPS) is 9.67. The fourth-order valence-electron chi connectivity index (χ4n) is 0.916. The maximum absolute atomic E-state index is 5.16. The van der Waals surface area contributed by atoms with Gasteiger partial charge in [-0.3, -0.25) is 4.99 Å². The van der Waals surface area contributed by atoms with Gasteiger partial charge in [0.1, 0.15) is 5.76 Å². The smallest absolute Gasteiger partial charge is 0.185 e. The Labute approximate surface area is 71.3 Å². The van der Waals surface area contributed by atoms with E-state index in [2.05, 4.69) is 4.99 Å². The largest absolute Gasteiger partial charge is 0.469 e. The Balaban J connectivity index is 2.16. The molecule has 0 fully saturated rings. The zero-order valence-corrected chi connectivity index (χ0v) is 6.86. The third kappa shape index (κ3) is 3.09. The van der Waals surface area contributed by atoms with Crippen molar-refractivity contribution in [2.24, 2.45) is 16.5 Å². The molecule has 0 unspecified atom stereocenters. The number of nitrogens with zero attached hydrogens (tertiary/aromatic N) is 1. The van der Waals surface area contributed by atoms with Gasteiger partial charge in [0.25, 0.3) is 0 Å². The molecule has 12 heavy (non-hydrogen) atoms. The van der Waals surface area contributed by atoms with Crippen LogP contribution in [0.2, 0.25) is 0 Å². The second-order valence-electron chi connectivity index (χ2n) is 2.49. The summed E-state index contributed by atoms with van der Waals surface area (Å²) in [4.78, 5) is 3.85. The van der Waals surface area contributed by atoms with Crippen LogP contribution in [0.5, 0.6) is 0 Å². The lowest BCUT2D eigenvalue weighted by Gasteiger charge is -1.94. The molecule has 0 aliphatic heterocycles. The van der Waals surface area contributed by atoms with Crippen molar-refractivity contribution in [2.45, 2.75) is 12.8 Å². The molecule has 66 valence electrons. The third-order valence-electron chi connectivity index (χ3n) is 1.46. The van der Waals surface area contributed by atoms with Gasteiger partial charge in [0.05, 0.1) is 6.26 Å². The summed E-state index contributed by atoms with van der Waals surface area (Å²) in [7, 11) is 0. The lowest BCUT2D eigenvalue weighted by molar-refractivity contribution is 0.503. The molecule has 0 saturated carbocycles. The number of aliphatic imine (C=N–C) groups is 1. The van der Waals surface area contributed by atoms with Gasteiger partial charge in [-0.2, -0.15) is 0 Å². The maximum Gasteiger partial charge on any atom is 0.185 e. The molecule has 4 N–H and O–H groups in total. The summed E-state index contributed by atoms with van der Waals surface area (Å²) in [5, 5.41) is 0. The summed E-state index contributed by atoms with van der Waals surface area (Å²) < 4.78 is 5.13. The Hall–Kier alpha value is -1.45. The van der Waals surface area contributed by atoms with Crippen LogP contribution in [0.25, 0.3) is 0 Å². The van der Waals surface area contributed by atoms with Crippen LogP contribution in [0.15, 0.2) is 27.8 Å². The summed E-state index contributed by atoms with van der Waals surface area (Å²) in [6.45, 7) is 0.656. The molecule has 0 radical (unpaired) electrons. The predicted molar refractivity (Wildman–Crippen MR) is 47.7 cm³/mol. The summed E-state index contributed by atoms with van der Waals surface area (Å²) >= 11 is 0. The number of furan rings is 1. The first-order valence-electron chi connectivity index (χ1n) is 3.87. The Morgan fingerprint density at radius 1 is 1.50 bits per heavy atom. The molecule has 0 spiro atoms. The molecule has 0 bridgehead atoms. The van der Waals surface area contributed by atoms with Crippen molar-refractivity contribution in [2.75, 3.05) is 6.54 Å². The first kappa shape index (κ1) is 8.64. The number of hydrogen-bond acceptors (Lipinski definition) is 2. The standard InChI is InChI=1S/C8H13N3O/c9-8(10)11-5-1-3-7-4-2-6-12-7/h2,4,6H,1,3,5H2,(H4,9,10,11). The van der Waals surface area contributed by atoms with Gasteiger partial charge in [0.15, 0.2) is 5.96 Å². The molecule has 4 heteroatoms. The molecule has 1 aromatic heterocycles. The van der Waals surface area contributed by atoms with E-state index in [9.17, 15) is 0 Å². The third-order valence-corrected chi connectivity index (χ3v) is 1.46. The molecule has 0 atom stereocenters. The van der Waals surface area contributed by atoms with Crippen molar-refractivity contribution >= 4 is 5.96 Å². The van der Waals surface area contributed by atoms with Crippen molar-refractivity contribution in [3.63, 3.8) is 0 Å². The minimum Gasteiger partial charge on any atom is -0.469 e. The maximum atomic E-state index is 5.16. The number of hydrogen-bond donors (Lipinski definition) is 2. The van der Waals surface area contributed by atoms with Crippen molar-refractivity contribution in [1.29, 1.82) is 0 Å². The highest BCUT2D eigenvalue weighted by molar-refractivity contribution is 5.75. The number of guanidine groups is 1. The summed E-state index contributed by atoms with van der Waals surface area (Å²) in [6.07, 6.45) is 3.45. The zero-order valence-electron chi connectivity index (χ0n) is 6.86. The molecule has 0 amide bonds. The van der Waals surface area contributed by atoms with Crippen molar-refractivity contribution in [1.82, 2.24) is 0 Å². The van der Waals surface area contributed by atoms with E-state index >= 15 is 0 Å². The van der Waals surface area contributed by atoms with Crippen LogP contribution in [-0.4, -0.2) is 12.5 Å². The van der Waals surface area contributed by atoms with Gasteiger partial charge >= 0.3 is 0 Å². The van der Waals surface area contributed by atoms with Crippen molar-refractivity contribution in [3.8, 4) is 0 Å². The average molecular weight is 167 g/mol. The lowest BCUT2D eigenvalue weighted by atomic mass is 10.2. The van der Waals surface area contributed by atoms with Crippen LogP contribution in [0, 0.1) is 0 Å². The van der Waals surface area contributed by atoms with Gasteiger partial charge in [0, 0.05) is 13.0 Å². The topological polar surface area (TPSA) is 77.5 Å². The van der Waals surface area contributed by atoms with Crippen molar-refractivity contribution < 1.29 is 4.42 Å². The molecule has 1 heterocycles. The van der Waals surface area contributed by atoms with Gasteiger partial charge < -0.3 is 15.9 Å². The molecule has 0 aliphatic rings. The first-order valence-corrected chi connectivity index (χ1v) is 3.87. The van der Waals surface area contributed by atoms with E-state index in [4.69, 9.17) is 15.9 Å². The van der Waals surface area contributed by atoms with E-state index in [1.807, 2.05) is 12.1 Å². The highest BCUT2D eigenvalue weighted by Crippen LogP contribution is 2.02. The van der Waals surface area contributed by atoms with Gasteiger partial charge in [-0.05, 0) is 18.6 Å². The molecule has 1 aromatic rings. The van der Waals surface area contributed by atoms with Gasteiger partial charge in [0.2, 0.25) is 0 Å². The molecule has 0 aliphatic carbocycles. The summed E-state index contributed by atoms with van der Waals surface area (Å²) in [5.41, 5.74) is 10.3. The number of aryl methyl sites for hydroxylation is 1. The summed E-state index contributed by atoms with van der Waals surface area (Å²) in [6, 6.07) is 3.81. The molecule has 4 nitrogen and oxygen atoms in total. The van der Waals surface area contributed by atoms with E-state index in [0.29, 0.717) is 6.54 Å². The Kier molecular flexibility index (Phi) is 3.19. The molecule has 0 saturated heterocycles. The van der Waals surface area contributed by atoms with E-state index < -0.39 is 0 Å². The van der Waals surface area contributed by atoms with Crippen LogP contribution < -0.4 is 11.5 Å². The number of nitrogens with two attached hydrogens (primary N) is 2. The zero-order chi connectivity index (χ0) is 8.81. The average Bonchev–Trinajstić information content (AvgIpc) is 2.49. The monoisotopic (exact) mass is 167 g/mol. The second-order valence-corrected chi connectivity index (χ2v) is 2.49. The fraction of sp³-hybridized carbons (Fsp3) is 0.375. The molecular weight excluding hydrogens is 154 g/mol. The van der Waals surface area contributed by atoms with Gasteiger partial charge in [-0.15, -0.1) is 0 Å². The van der Waals surface area contributed by atoms with E-state index in [1.54, 1.807) is 6.26 Å². The molecule has 1 rings (SSSR count). The Bertz CT molecular complexity index is 237. The second kappa shape index (κ2) is 4.43. The van der Waals surface area contributed by atoms with Crippen LogP contribution in [0.4, 0.5) is 0 Å². The van der Waals surface area contributed by atoms with Crippen molar-refractivity contribution in [3.05, 3.63) is 24.2 Å². The van der Waals surface area contributed by atoms with Gasteiger partial charge in [-0.25, -0.2) is 0 Å². The minimum absolute atomic E-state index is 0.148. The predicted octanol–water partition coefficient (Wildman–Crippen LogP) is 0.486.